The van der Waals surface area contributed by atoms with Gasteiger partial charge < -0.3 is 89.9 Å². The normalized spacial score (nSPS) is 24.8. The lowest BCUT2D eigenvalue weighted by atomic mass is 9.96. The SMILES string of the molecule is CCCCCCC/C=C\C/C=C\C/C=C\CCCCCCCCCCCCCCCCCCCCCCCCCCCCC(=O)NC(COC1OC(CO)C(OC2OC(CO)C(OC3OC(CO)C(O)C(O)C3O)C(O)C2O)C(O)C1O)C(O)CCCCCCCCCCCCCCCCCCCCCCCCCCCCCC. The molecule has 17 atom stereocenters. The molecule has 3 heterocycles. The zero-order valence-corrected chi connectivity index (χ0v) is 72.8. The van der Waals surface area contributed by atoms with E-state index in [0.29, 0.717) is 12.8 Å². The van der Waals surface area contributed by atoms with Crippen LogP contribution < -0.4 is 5.32 Å². The topological polar surface area (TPSA) is 307 Å². The third-order valence-corrected chi connectivity index (χ3v) is 24.2. The van der Waals surface area contributed by atoms with Crippen LogP contribution in [0.25, 0.3) is 0 Å². The van der Waals surface area contributed by atoms with E-state index < -0.39 is 124 Å². The van der Waals surface area contributed by atoms with Gasteiger partial charge in [-0.1, -0.05) is 410 Å². The number of carbonyl (C=O) groups excluding carboxylic acids is 1. The van der Waals surface area contributed by atoms with E-state index in [1.807, 2.05) is 0 Å². The predicted molar refractivity (Wildman–Crippen MR) is 462 cm³/mol. The van der Waals surface area contributed by atoms with E-state index in [0.717, 1.165) is 57.8 Å². The molecule has 19 nitrogen and oxygen atoms in total. The highest BCUT2D eigenvalue weighted by molar-refractivity contribution is 5.76. The van der Waals surface area contributed by atoms with E-state index in [2.05, 4.69) is 55.6 Å². The zero-order valence-electron chi connectivity index (χ0n) is 72.8. The summed E-state index contributed by atoms with van der Waals surface area (Å²) in [5, 5.41) is 121. The standard InChI is InChI=1S/C95H179NO18/c1-3-5-7-9-11-13-15-17-19-21-23-25-27-29-31-33-34-35-36-37-38-39-40-41-42-43-44-45-47-49-51-53-55-57-59-61-63-65-67-69-71-73-83(101)96-78(79(100)72-70-68-66-64-62-60-58-56-54-52-50-48-46-32-30-28-26-24-22-20-18-16-14-12-10-8-6-4-2)77-109-93-89(107)86(104)91(81(75-98)111-93)114-95-90(108)87(105)92(82(76-99)112-95)113-94-88(106)85(103)84(102)80(74-97)110-94/h15,17,21,23,27,29,78-82,84-95,97-100,102-108H,3-14,16,18-20,22,24-26,28,30-77H2,1-2H3,(H,96,101)/b17-15-,23-21-,29-27-. The van der Waals surface area contributed by atoms with Crippen molar-refractivity contribution in [2.75, 3.05) is 26.4 Å². The van der Waals surface area contributed by atoms with Gasteiger partial charge >= 0.3 is 0 Å². The third kappa shape index (κ3) is 52.4. The summed E-state index contributed by atoms with van der Waals surface area (Å²) in [6, 6.07) is -0.887. The summed E-state index contributed by atoms with van der Waals surface area (Å²) in [6.07, 6.45) is 69.9. The first-order chi connectivity index (χ1) is 55.8. The molecule has 114 heavy (non-hydrogen) atoms. The number of hydrogen-bond donors (Lipinski definition) is 12. The smallest absolute Gasteiger partial charge is 0.220 e. The molecule has 0 saturated carbocycles. The highest BCUT2D eigenvalue weighted by Gasteiger charge is 2.54. The van der Waals surface area contributed by atoms with Gasteiger partial charge in [0, 0.05) is 6.42 Å². The molecular weight excluding hydrogens is 1440 g/mol. The first-order valence-electron chi connectivity index (χ1n) is 48.2. The van der Waals surface area contributed by atoms with Crippen LogP contribution in [-0.4, -0.2) is 193 Å². The summed E-state index contributed by atoms with van der Waals surface area (Å²) in [4.78, 5) is 13.6. The zero-order chi connectivity index (χ0) is 82.4. The maximum absolute atomic E-state index is 13.6. The minimum atomic E-state index is -1.97. The fraction of sp³-hybridized carbons (Fsp3) is 0.926. The number of hydrogen-bond acceptors (Lipinski definition) is 18. The lowest BCUT2D eigenvalue weighted by Gasteiger charge is -2.48. The van der Waals surface area contributed by atoms with Crippen LogP contribution in [0.3, 0.4) is 0 Å². The van der Waals surface area contributed by atoms with Gasteiger partial charge in [0.1, 0.15) is 73.2 Å². The van der Waals surface area contributed by atoms with E-state index in [1.165, 1.54) is 340 Å². The molecule has 0 aromatic heterocycles. The Morgan fingerprint density at radius 2 is 0.579 bits per heavy atom. The highest BCUT2D eigenvalue weighted by Crippen LogP contribution is 2.34. The summed E-state index contributed by atoms with van der Waals surface area (Å²) >= 11 is 0. The molecule has 0 aliphatic carbocycles. The number of unbranched alkanes of at least 4 members (excludes halogenated alkanes) is 58. The number of amides is 1. The van der Waals surface area contributed by atoms with Crippen LogP contribution >= 0.6 is 0 Å². The average Bonchev–Trinajstić information content (AvgIpc) is 0.782. The lowest BCUT2D eigenvalue weighted by molar-refractivity contribution is -0.379. The number of aliphatic hydroxyl groups excluding tert-OH is 11. The molecule has 3 aliphatic rings. The number of nitrogens with one attached hydrogen (secondary N) is 1. The predicted octanol–water partition coefficient (Wildman–Crippen LogP) is 19.4. The number of carbonyl (C=O) groups is 1. The summed E-state index contributed by atoms with van der Waals surface area (Å²) in [5.74, 6) is -0.232. The molecular formula is C95H179NO18. The highest BCUT2D eigenvalue weighted by atomic mass is 16.8. The summed E-state index contributed by atoms with van der Waals surface area (Å²) in [6.45, 7) is 1.87. The van der Waals surface area contributed by atoms with Crippen molar-refractivity contribution >= 4 is 5.91 Å². The average molecular weight is 1620 g/mol. The Kier molecular flexibility index (Phi) is 69.7. The monoisotopic (exact) mass is 1620 g/mol. The number of allylic oxidation sites excluding steroid dienone is 6. The van der Waals surface area contributed by atoms with Crippen LogP contribution in [0.1, 0.15) is 431 Å². The Balaban J connectivity index is 1.28. The first kappa shape index (κ1) is 106. The van der Waals surface area contributed by atoms with Gasteiger partial charge in [-0.3, -0.25) is 4.79 Å². The summed E-state index contributed by atoms with van der Waals surface area (Å²) in [7, 11) is 0. The van der Waals surface area contributed by atoms with Crippen LogP contribution in [0.5, 0.6) is 0 Å². The van der Waals surface area contributed by atoms with Crippen LogP contribution in [0.4, 0.5) is 0 Å². The Bertz CT molecular complexity index is 2190. The number of ether oxygens (including phenoxy) is 6. The Labute approximate surface area is 695 Å². The molecule has 0 bridgehead atoms. The largest absolute Gasteiger partial charge is 0.394 e. The fourth-order valence-electron chi connectivity index (χ4n) is 16.6. The fourth-order valence-corrected chi connectivity index (χ4v) is 16.6. The van der Waals surface area contributed by atoms with Gasteiger partial charge in [-0.25, -0.2) is 0 Å². The summed E-state index contributed by atoms with van der Waals surface area (Å²) in [5.41, 5.74) is 0. The van der Waals surface area contributed by atoms with Crippen molar-refractivity contribution in [2.24, 2.45) is 0 Å². The van der Waals surface area contributed by atoms with E-state index in [4.69, 9.17) is 28.4 Å². The van der Waals surface area contributed by atoms with Gasteiger partial charge in [0.05, 0.1) is 38.6 Å². The summed E-state index contributed by atoms with van der Waals surface area (Å²) < 4.78 is 34.6. The molecule has 3 aliphatic heterocycles. The van der Waals surface area contributed by atoms with E-state index in [1.54, 1.807) is 0 Å². The maximum atomic E-state index is 13.6. The Morgan fingerprint density at radius 1 is 0.316 bits per heavy atom. The minimum absolute atomic E-state index is 0.232. The van der Waals surface area contributed by atoms with Crippen molar-refractivity contribution in [3.05, 3.63) is 36.5 Å². The maximum Gasteiger partial charge on any atom is 0.220 e. The molecule has 17 unspecified atom stereocenters. The minimum Gasteiger partial charge on any atom is -0.394 e. The molecule has 19 heteroatoms. The van der Waals surface area contributed by atoms with Crippen molar-refractivity contribution < 1.29 is 89.4 Å². The van der Waals surface area contributed by atoms with Gasteiger partial charge in [0.25, 0.3) is 0 Å². The van der Waals surface area contributed by atoms with E-state index >= 15 is 0 Å². The molecule has 672 valence electrons. The van der Waals surface area contributed by atoms with Gasteiger partial charge in [-0.05, 0) is 51.4 Å². The van der Waals surface area contributed by atoms with E-state index in [-0.39, 0.29) is 18.9 Å². The second-order valence-corrected chi connectivity index (χ2v) is 34.5. The second-order valence-electron chi connectivity index (χ2n) is 34.5. The van der Waals surface area contributed by atoms with Gasteiger partial charge in [-0.2, -0.15) is 0 Å². The van der Waals surface area contributed by atoms with Gasteiger partial charge in [0.15, 0.2) is 18.9 Å². The van der Waals surface area contributed by atoms with E-state index in [9.17, 15) is 61.0 Å². The Hall–Kier alpha value is -1.99. The quantitative estimate of drug-likeness (QED) is 0.0199. The van der Waals surface area contributed by atoms with Crippen LogP contribution in [0.2, 0.25) is 0 Å². The molecule has 0 radical (unpaired) electrons. The van der Waals surface area contributed by atoms with Crippen LogP contribution in [0.15, 0.2) is 36.5 Å². The van der Waals surface area contributed by atoms with Crippen molar-refractivity contribution in [2.45, 2.75) is 535 Å². The molecule has 3 fully saturated rings. The van der Waals surface area contributed by atoms with Gasteiger partial charge in [0.2, 0.25) is 5.91 Å². The van der Waals surface area contributed by atoms with Crippen LogP contribution in [-0.2, 0) is 33.2 Å². The molecule has 0 spiro atoms. The molecule has 3 saturated heterocycles. The van der Waals surface area contributed by atoms with Crippen molar-refractivity contribution in [1.29, 1.82) is 0 Å². The van der Waals surface area contributed by atoms with Crippen molar-refractivity contribution in [3.8, 4) is 0 Å². The molecule has 3 rings (SSSR count). The third-order valence-electron chi connectivity index (χ3n) is 24.2. The van der Waals surface area contributed by atoms with Crippen LogP contribution in [0, 0.1) is 0 Å². The van der Waals surface area contributed by atoms with Crippen molar-refractivity contribution in [3.63, 3.8) is 0 Å². The molecule has 1 amide bonds. The lowest BCUT2D eigenvalue weighted by Crippen LogP contribution is -2.66. The number of aliphatic hydroxyl groups is 11. The first-order valence-corrected chi connectivity index (χ1v) is 48.2. The molecule has 0 aromatic rings. The Morgan fingerprint density at radius 3 is 0.904 bits per heavy atom. The molecule has 12 N–H and O–H groups in total. The van der Waals surface area contributed by atoms with Gasteiger partial charge in [-0.15, -0.1) is 0 Å². The molecule has 0 aromatic carbocycles. The second kappa shape index (κ2) is 74.8. The number of rotatable bonds is 80. The van der Waals surface area contributed by atoms with Crippen molar-refractivity contribution in [1.82, 2.24) is 5.32 Å².